The van der Waals surface area contributed by atoms with E-state index >= 15 is 0 Å². The lowest BCUT2D eigenvalue weighted by molar-refractivity contribution is -0.127. The fourth-order valence-electron chi connectivity index (χ4n) is 1.42. The van der Waals surface area contributed by atoms with Crippen molar-refractivity contribution >= 4 is 18.1 Å². The van der Waals surface area contributed by atoms with Gasteiger partial charge in [0.25, 0.3) is 0 Å². The molecule has 104 valence electrons. The predicted molar refractivity (Wildman–Crippen MR) is 60.4 cm³/mol. The Bertz CT molecular complexity index is 309. The quantitative estimate of drug-likeness (QED) is 0.308. The average molecular weight is 262 g/mol. The molecule has 4 atom stereocenters. The average Bonchev–Trinajstić information content (AvgIpc) is 2.30. The molecule has 8 heteroatoms. The third-order valence-electron chi connectivity index (χ3n) is 2.22. The molecule has 0 unspecified atom stereocenters. The van der Waals surface area contributed by atoms with Crippen LogP contribution in [0.4, 0.5) is 0 Å². The van der Waals surface area contributed by atoms with Gasteiger partial charge < -0.3 is 30.7 Å². The molecule has 0 aliphatic rings. The van der Waals surface area contributed by atoms with Crippen molar-refractivity contribution in [3.05, 3.63) is 0 Å². The first-order chi connectivity index (χ1) is 8.33. The number of carbonyl (C=O) groups is 3. The molecule has 0 rings (SSSR count). The molecule has 0 aliphatic heterocycles. The molecule has 0 aliphatic carbocycles. The first kappa shape index (κ1) is 16.5. The first-order valence-electron chi connectivity index (χ1n) is 5.30. The number of hydrogen-bond acceptors (Lipinski definition) is 6. The van der Waals surface area contributed by atoms with Crippen molar-refractivity contribution in [2.24, 2.45) is 0 Å². The maximum atomic E-state index is 10.9. The van der Waals surface area contributed by atoms with Crippen LogP contribution in [0.25, 0.3) is 0 Å². The topological polar surface area (TPSA) is 136 Å². The van der Waals surface area contributed by atoms with Gasteiger partial charge in [0.05, 0.1) is 18.8 Å². The highest BCUT2D eigenvalue weighted by atomic mass is 16.3. The van der Waals surface area contributed by atoms with Crippen molar-refractivity contribution in [3.8, 4) is 0 Å². The zero-order chi connectivity index (χ0) is 14.3. The van der Waals surface area contributed by atoms with Crippen LogP contribution in [-0.4, -0.2) is 64.3 Å². The lowest BCUT2D eigenvalue weighted by Crippen LogP contribution is -2.59. The van der Waals surface area contributed by atoms with E-state index in [0.717, 1.165) is 13.8 Å². The molecule has 0 heterocycles. The molecule has 8 nitrogen and oxygen atoms in total. The van der Waals surface area contributed by atoms with Gasteiger partial charge in [-0.25, -0.2) is 0 Å². The molecule has 0 bridgehead atoms. The van der Waals surface area contributed by atoms with E-state index in [0.29, 0.717) is 0 Å². The summed E-state index contributed by atoms with van der Waals surface area (Å²) >= 11 is 0. The molecule has 0 spiro atoms. The van der Waals surface area contributed by atoms with Crippen LogP contribution in [0.5, 0.6) is 0 Å². The van der Waals surface area contributed by atoms with Crippen LogP contribution in [0.2, 0.25) is 0 Å². The van der Waals surface area contributed by atoms with Gasteiger partial charge in [-0.1, -0.05) is 0 Å². The molecular weight excluding hydrogens is 244 g/mol. The number of rotatable bonds is 7. The third-order valence-corrected chi connectivity index (χ3v) is 2.22. The number of hydrogen-bond donors (Lipinski definition) is 5. The minimum absolute atomic E-state index is 0.283. The van der Waals surface area contributed by atoms with Crippen molar-refractivity contribution in [3.63, 3.8) is 0 Å². The highest BCUT2D eigenvalue weighted by Gasteiger charge is 2.33. The lowest BCUT2D eigenvalue weighted by atomic mass is 9.99. The van der Waals surface area contributed by atoms with Crippen molar-refractivity contribution in [2.45, 2.75) is 38.1 Å². The fourth-order valence-corrected chi connectivity index (χ4v) is 1.42. The Kier molecular flexibility index (Phi) is 7.10. The van der Waals surface area contributed by atoms with Crippen LogP contribution >= 0.6 is 0 Å². The summed E-state index contributed by atoms with van der Waals surface area (Å²) in [6.07, 6.45) is -2.73. The van der Waals surface area contributed by atoms with Gasteiger partial charge in [0.2, 0.25) is 11.8 Å². The number of carbonyl (C=O) groups excluding carboxylic acids is 3. The molecule has 0 radical (unpaired) electrons. The summed E-state index contributed by atoms with van der Waals surface area (Å²) in [5.41, 5.74) is 0. The number of aliphatic hydroxyl groups excluding tert-OH is 3. The van der Waals surface area contributed by atoms with E-state index in [9.17, 15) is 24.6 Å². The normalized spacial score (nSPS) is 17.2. The molecule has 2 amide bonds. The van der Waals surface area contributed by atoms with Gasteiger partial charge in [-0.15, -0.1) is 0 Å². The van der Waals surface area contributed by atoms with E-state index in [4.69, 9.17) is 5.11 Å². The highest BCUT2D eigenvalue weighted by molar-refractivity contribution is 5.78. The molecule has 0 aromatic carbocycles. The molecule has 18 heavy (non-hydrogen) atoms. The number of nitrogens with one attached hydrogen (secondary N) is 2. The summed E-state index contributed by atoms with van der Waals surface area (Å²) < 4.78 is 0. The smallest absolute Gasteiger partial charge is 0.217 e. The zero-order valence-electron chi connectivity index (χ0n) is 10.2. The van der Waals surface area contributed by atoms with Gasteiger partial charge >= 0.3 is 0 Å². The van der Waals surface area contributed by atoms with Crippen molar-refractivity contribution in [2.75, 3.05) is 6.61 Å². The number of aldehydes is 1. The van der Waals surface area contributed by atoms with Gasteiger partial charge in [-0.05, 0) is 0 Å². The van der Waals surface area contributed by atoms with Crippen LogP contribution < -0.4 is 10.6 Å². The maximum absolute atomic E-state index is 10.9. The monoisotopic (exact) mass is 262 g/mol. The van der Waals surface area contributed by atoms with E-state index in [1.54, 1.807) is 0 Å². The molecule has 0 aromatic heterocycles. The van der Waals surface area contributed by atoms with Crippen LogP contribution in [-0.2, 0) is 14.4 Å². The maximum Gasteiger partial charge on any atom is 0.217 e. The van der Waals surface area contributed by atoms with E-state index < -0.39 is 42.7 Å². The van der Waals surface area contributed by atoms with Crippen LogP contribution in [0, 0.1) is 0 Å². The van der Waals surface area contributed by atoms with Gasteiger partial charge in [-0.2, -0.15) is 0 Å². The molecule has 5 N–H and O–H groups in total. The van der Waals surface area contributed by atoms with Gasteiger partial charge in [0, 0.05) is 13.8 Å². The Morgan fingerprint density at radius 3 is 2.00 bits per heavy atom. The largest absolute Gasteiger partial charge is 0.394 e. The van der Waals surface area contributed by atoms with Crippen molar-refractivity contribution < 1.29 is 29.7 Å². The summed E-state index contributed by atoms with van der Waals surface area (Å²) in [7, 11) is 0. The van der Waals surface area contributed by atoms with Gasteiger partial charge in [0.1, 0.15) is 18.4 Å². The Labute approximate surface area is 104 Å². The SMILES string of the molecule is CC(=O)N[C@@H]([C@H](O)[C@@H](C=O)NC(C)=O)[C@H](O)CO. The molecule has 0 saturated heterocycles. The summed E-state index contributed by atoms with van der Waals surface area (Å²) in [5, 5.41) is 32.5. The minimum atomic E-state index is -1.56. The fraction of sp³-hybridized carbons (Fsp3) is 0.700. The predicted octanol–water partition coefficient (Wildman–Crippen LogP) is -3.09. The minimum Gasteiger partial charge on any atom is -0.394 e. The van der Waals surface area contributed by atoms with Crippen LogP contribution in [0.15, 0.2) is 0 Å². The summed E-state index contributed by atoms with van der Waals surface area (Å²) in [5.74, 6) is -1.11. The van der Waals surface area contributed by atoms with Crippen molar-refractivity contribution in [1.82, 2.24) is 10.6 Å². The second-order valence-corrected chi connectivity index (χ2v) is 3.83. The lowest BCUT2D eigenvalue weighted by Gasteiger charge is -2.30. The Morgan fingerprint density at radius 2 is 1.67 bits per heavy atom. The third kappa shape index (κ3) is 5.21. The zero-order valence-corrected chi connectivity index (χ0v) is 10.2. The van der Waals surface area contributed by atoms with Crippen LogP contribution in [0.1, 0.15) is 13.8 Å². The van der Waals surface area contributed by atoms with E-state index in [1.165, 1.54) is 0 Å². The second kappa shape index (κ2) is 7.75. The van der Waals surface area contributed by atoms with E-state index in [-0.39, 0.29) is 6.29 Å². The van der Waals surface area contributed by atoms with Crippen LogP contribution in [0.3, 0.4) is 0 Å². The van der Waals surface area contributed by atoms with Gasteiger partial charge in [-0.3, -0.25) is 9.59 Å². The number of amides is 2. The van der Waals surface area contributed by atoms with E-state index in [2.05, 4.69) is 10.6 Å². The molecule has 0 fully saturated rings. The van der Waals surface area contributed by atoms with Gasteiger partial charge in [0.15, 0.2) is 0 Å². The summed E-state index contributed by atoms with van der Waals surface area (Å²) in [4.78, 5) is 32.5. The Morgan fingerprint density at radius 1 is 1.17 bits per heavy atom. The summed E-state index contributed by atoms with van der Waals surface area (Å²) in [6.45, 7) is 1.59. The molecule has 0 saturated carbocycles. The van der Waals surface area contributed by atoms with Crippen molar-refractivity contribution in [1.29, 1.82) is 0 Å². The Balaban J connectivity index is 4.89. The Hall–Kier alpha value is -1.51. The van der Waals surface area contributed by atoms with E-state index in [1.807, 2.05) is 0 Å². The molecule has 0 aromatic rings. The summed E-state index contributed by atoms with van der Waals surface area (Å²) in [6, 6.07) is -2.56. The standard InChI is InChI=1S/C10H18N2O6/c1-5(15)11-7(3-13)10(18)9(8(17)4-14)12-6(2)16/h3,7-10,14,17-18H,4H2,1-2H3,(H,11,15)(H,12,16)/t7-,8-,9-,10-/m1/s1. The second-order valence-electron chi connectivity index (χ2n) is 3.83. The highest BCUT2D eigenvalue weighted by Crippen LogP contribution is 2.04. The first-order valence-corrected chi connectivity index (χ1v) is 5.30. The molecular formula is C10H18N2O6. The number of aliphatic hydroxyl groups is 3.